The van der Waals surface area contributed by atoms with Crippen molar-refractivity contribution in [2.75, 3.05) is 0 Å². The zero-order chi connectivity index (χ0) is 13.1. The summed E-state index contributed by atoms with van der Waals surface area (Å²) in [5, 5.41) is 9.88. The summed E-state index contributed by atoms with van der Waals surface area (Å²) in [6.07, 6.45) is 5.57. The molecule has 1 aromatic carbocycles. The number of rotatable bonds is 2. The lowest BCUT2D eigenvalue weighted by Crippen LogP contribution is -1.92. The molecule has 0 atom stereocenters. The monoisotopic (exact) mass is 288 g/mol. The van der Waals surface area contributed by atoms with Gasteiger partial charge in [0.1, 0.15) is 31.1 Å². The fourth-order valence-electron chi connectivity index (χ4n) is 1.62. The second-order valence-electron chi connectivity index (χ2n) is 3.66. The van der Waals surface area contributed by atoms with Crippen molar-refractivity contribution in [2.45, 2.75) is 0 Å². The molecule has 100 valence electrons. The summed E-state index contributed by atoms with van der Waals surface area (Å²) < 4.78 is 0. The van der Waals surface area contributed by atoms with Gasteiger partial charge in [0.25, 0.3) is 0 Å². The maximum atomic E-state index is 9.88. The van der Waals surface area contributed by atoms with Crippen molar-refractivity contribution in [3.05, 3.63) is 43.5 Å². The average molecular weight is 289 g/mol. The van der Waals surface area contributed by atoms with Crippen molar-refractivity contribution in [3.8, 4) is 28.5 Å². The molecular formula is C12H9ClN6O. The molecule has 2 heterocycles. The second kappa shape index (κ2) is 5.98. The van der Waals surface area contributed by atoms with Crippen molar-refractivity contribution in [3.63, 3.8) is 0 Å². The maximum absolute atomic E-state index is 9.88. The third kappa shape index (κ3) is 2.67. The molecule has 0 saturated carbocycles. The number of phenolic OH excluding ortho intramolecular Hbond substituents is 1. The maximum Gasteiger partial charge on any atom is 0.166 e. The number of halogens is 1. The zero-order valence-corrected chi connectivity index (χ0v) is 10.9. The highest BCUT2D eigenvalue weighted by Crippen LogP contribution is 2.29. The highest BCUT2D eigenvalue weighted by Gasteiger charge is 2.10. The molecule has 2 aromatic heterocycles. The molecule has 0 unspecified atom stereocenters. The molecule has 0 bridgehead atoms. The molecule has 0 saturated heterocycles. The Morgan fingerprint density at radius 3 is 1.90 bits per heavy atom. The van der Waals surface area contributed by atoms with Crippen LogP contribution in [0.15, 0.2) is 43.5 Å². The summed E-state index contributed by atoms with van der Waals surface area (Å²) in [7, 11) is 0. The van der Waals surface area contributed by atoms with E-state index in [0.717, 1.165) is 5.56 Å². The Morgan fingerprint density at radius 2 is 1.30 bits per heavy atom. The van der Waals surface area contributed by atoms with Crippen molar-refractivity contribution >= 4 is 12.4 Å². The summed E-state index contributed by atoms with van der Waals surface area (Å²) in [6, 6.07) is 4.99. The van der Waals surface area contributed by atoms with Gasteiger partial charge in [0.2, 0.25) is 0 Å². The summed E-state index contributed by atoms with van der Waals surface area (Å²) in [4.78, 5) is 23.6. The van der Waals surface area contributed by atoms with E-state index in [2.05, 4.69) is 29.9 Å². The fourth-order valence-corrected chi connectivity index (χ4v) is 1.62. The Kier molecular flexibility index (Phi) is 4.11. The molecule has 3 aromatic rings. The lowest BCUT2D eigenvalue weighted by molar-refractivity contribution is 0.477. The molecule has 1 N–H and O–H groups in total. The van der Waals surface area contributed by atoms with Crippen LogP contribution in [0.5, 0.6) is 5.75 Å². The predicted molar refractivity (Wildman–Crippen MR) is 73.0 cm³/mol. The third-order valence-corrected chi connectivity index (χ3v) is 2.48. The van der Waals surface area contributed by atoms with Crippen LogP contribution in [0.1, 0.15) is 0 Å². The summed E-state index contributed by atoms with van der Waals surface area (Å²) in [5.74, 6) is 0.998. The topological polar surface area (TPSA) is 97.6 Å². The van der Waals surface area contributed by atoms with Gasteiger partial charge < -0.3 is 5.11 Å². The minimum atomic E-state index is 0. The molecule has 8 heteroatoms. The SMILES string of the molecule is Cl.Oc1ccc(-c2ncncn2)cc1-c1ncncn1. The van der Waals surface area contributed by atoms with Crippen LogP contribution in [0.25, 0.3) is 22.8 Å². The van der Waals surface area contributed by atoms with Gasteiger partial charge in [-0.25, -0.2) is 29.9 Å². The smallest absolute Gasteiger partial charge is 0.166 e. The summed E-state index contributed by atoms with van der Waals surface area (Å²) >= 11 is 0. The Morgan fingerprint density at radius 1 is 0.750 bits per heavy atom. The first-order valence-electron chi connectivity index (χ1n) is 5.42. The molecule has 0 spiro atoms. The van der Waals surface area contributed by atoms with Gasteiger partial charge >= 0.3 is 0 Å². The van der Waals surface area contributed by atoms with Crippen LogP contribution >= 0.6 is 12.4 Å². The Bertz CT molecular complexity index is 695. The molecule has 0 fully saturated rings. The van der Waals surface area contributed by atoms with Gasteiger partial charge in [-0.05, 0) is 18.2 Å². The largest absolute Gasteiger partial charge is 0.507 e. The quantitative estimate of drug-likeness (QED) is 0.763. The minimum absolute atomic E-state index is 0. The van der Waals surface area contributed by atoms with Crippen LogP contribution in [0.3, 0.4) is 0 Å². The molecule has 0 amide bonds. The Labute approximate surface area is 120 Å². The lowest BCUT2D eigenvalue weighted by atomic mass is 10.1. The van der Waals surface area contributed by atoms with Crippen molar-refractivity contribution in [2.24, 2.45) is 0 Å². The number of phenols is 1. The average Bonchev–Trinajstić information content (AvgIpc) is 2.49. The van der Waals surface area contributed by atoms with E-state index in [0.29, 0.717) is 17.2 Å². The number of aromatic hydroxyl groups is 1. The van der Waals surface area contributed by atoms with E-state index in [-0.39, 0.29) is 18.2 Å². The fraction of sp³-hybridized carbons (Fsp3) is 0. The molecule has 3 rings (SSSR count). The number of aromatic nitrogens is 6. The zero-order valence-electron chi connectivity index (χ0n) is 10.1. The van der Waals surface area contributed by atoms with E-state index < -0.39 is 0 Å². The van der Waals surface area contributed by atoms with Crippen LogP contribution in [0.2, 0.25) is 0 Å². The first kappa shape index (κ1) is 13.8. The number of nitrogens with zero attached hydrogens (tertiary/aromatic N) is 6. The third-order valence-electron chi connectivity index (χ3n) is 2.48. The number of hydrogen-bond acceptors (Lipinski definition) is 7. The normalized spacial score (nSPS) is 9.80. The van der Waals surface area contributed by atoms with Gasteiger partial charge in [-0.3, -0.25) is 0 Å². The van der Waals surface area contributed by atoms with E-state index in [1.54, 1.807) is 18.2 Å². The van der Waals surface area contributed by atoms with Crippen molar-refractivity contribution in [1.29, 1.82) is 0 Å². The molecular weight excluding hydrogens is 280 g/mol. The number of benzene rings is 1. The molecule has 0 radical (unpaired) electrons. The Hall–Kier alpha value is -2.67. The highest BCUT2D eigenvalue weighted by molar-refractivity contribution is 5.85. The Balaban J connectivity index is 0.00000147. The van der Waals surface area contributed by atoms with Crippen LogP contribution in [0.4, 0.5) is 0 Å². The molecule has 0 aliphatic carbocycles. The van der Waals surface area contributed by atoms with Crippen molar-refractivity contribution in [1.82, 2.24) is 29.9 Å². The van der Waals surface area contributed by atoms with Crippen molar-refractivity contribution < 1.29 is 5.11 Å². The van der Waals surface area contributed by atoms with Gasteiger partial charge in [-0.1, -0.05) is 0 Å². The van der Waals surface area contributed by atoms with E-state index in [9.17, 15) is 5.11 Å². The van der Waals surface area contributed by atoms with Crippen LogP contribution in [0, 0.1) is 0 Å². The molecule has 0 aliphatic rings. The highest BCUT2D eigenvalue weighted by atomic mass is 35.5. The first-order chi connectivity index (χ1) is 9.34. The van der Waals surface area contributed by atoms with Crippen LogP contribution < -0.4 is 0 Å². The first-order valence-corrected chi connectivity index (χ1v) is 5.42. The molecule has 7 nitrogen and oxygen atoms in total. The lowest BCUT2D eigenvalue weighted by Gasteiger charge is -2.05. The van der Waals surface area contributed by atoms with Crippen LogP contribution in [-0.4, -0.2) is 35.0 Å². The van der Waals surface area contributed by atoms with Gasteiger partial charge in [0.15, 0.2) is 11.6 Å². The van der Waals surface area contributed by atoms with E-state index in [1.165, 1.54) is 25.3 Å². The van der Waals surface area contributed by atoms with Gasteiger partial charge in [0.05, 0.1) is 5.56 Å². The van der Waals surface area contributed by atoms with Gasteiger partial charge in [-0.2, -0.15) is 0 Å². The van der Waals surface area contributed by atoms with Gasteiger partial charge in [-0.15, -0.1) is 12.4 Å². The summed E-state index contributed by atoms with van der Waals surface area (Å²) in [5.41, 5.74) is 1.25. The second-order valence-corrected chi connectivity index (χ2v) is 3.66. The standard InChI is InChI=1S/C12H8N6O.ClH/c19-10-2-1-8(11-15-4-13-5-16-11)3-9(10)12-17-6-14-7-18-12;/h1-7,19H;1H. The van der Waals surface area contributed by atoms with E-state index in [4.69, 9.17) is 0 Å². The molecule has 0 aliphatic heterocycles. The number of hydrogen-bond donors (Lipinski definition) is 1. The van der Waals surface area contributed by atoms with E-state index >= 15 is 0 Å². The molecule has 20 heavy (non-hydrogen) atoms. The van der Waals surface area contributed by atoms with Crippen LogP contribution in [-0.2, 0) is 0 Å². The summed E-state index contributed by atoms with van der Waals surface area (Å²) in [6.45, 7) is 0. The van der Waals surface area contributed by atoms with Gasteiger partial charge in [0, 0.05) is 5.56 Å². The predicted octanol–water partition coefficient (Wildman–Crippen LogP) is 1.52. The minimum Gasteiger partial charge on any atom is -0.507 e. The van der Waals surface area contributed by atoms with E-state index in [1.807, 2.05) is 0 Å².